The largest absolute Gasteiger partial charge is 0.397 e. The average molecular weight is 256 g/mol. The Bertz CT molecular complexity index is 539. The molecule has 19 heavy (non-hydrogen) atoms. The van der Waals surface area contributed by atoms with Crippen LogP contribution in [0.15, 0.2) is 42.9 Å². The van der Waals surface area contributed by atoms with Crippen LogP contribution in [0.3, 0.4) is 0 Å². The molecule has 0 fully saturated rings. The molecule has 2 aromatic rings. The summed E-state index contributed by atoms with van der Waals surface area (Å²) in [6.45, 7) is 3.10. The van der Waals surface area contributed by atoms with E-state index in [4.69, 9.17) is 5.73 Å². The van der Waals surface area contributed by atoms with Crippen molar-refractivity contribution < 1.29 is 4.79 Å². The molecule has 98 valence electrons. The van der Waals surface area contributed by atoms with Crippen LogP contribution in [-0.4, -0.2) is 27.3 Å². The Hall–Kier alpha value is -2.43. The zero-order valence-electron chi connectivity index (χ0n) is 10.8. The summed E-state index contributed by atoms with van der Waals surface area (Å²) in [7, 11) is 0. The molecular weight excluding hydrogens is 240 g/mol. The number of carbonyl (C=O) groups is 1. The van der Waals surface area contributed by atoms with Crippen molar-refractivity contribution >= 4 is 11.6 Å². The first-order chi connectivity index (χ1) is 9.20. The summed E-state index contributed by atoms with van der Waals surface area (Å²) in [5, 5.41) is 0. The topological polar surface area (TPSA) is 72.1 Å². The molecular formula is C14H16N4O. The van der Waals surface area contributed by atoms with Gasteiger partial charge in [0.1, 0.15) is 5.69 Å². The molecule has 0 spiro atoms. The zero-order valence-corrected chi connectivity index (χ0v) is 10.8. The normalized spacial score (nSPS) is 10.2. The summed E-state index contributed by atoms with van der Waals surface area (Å²) < 4.78 is 0. The van der Waals surface area contributed by atoms with E-state index in [2.05, 4.69) is 9.97 Å². The number of anilines is 1. The minimum atomic E-state index is -0.0979. The van der Waals surface area contributed by atoms with Crippen LogP contribution in [0.25, 0.3) is 0 Å². The summed E-state index contributed by atoms with van der Waals surface area (Å²) in [4.78, 5) is 22.1. The molecule has 0 saturated carbocycles. The number of nitrogens with two attached hydrogens (primary N) is 1. The third-order valence-corrected chi connectivity index (χ3v) is 2.80. The fourth-order valence-corrected chi connectivity index (χ4v) is 1.73. The maximum absolute atomic E-state index is 12.3. The van der Waals surface area contributed by atoms with Gasteiger partial charge in [-0.3, -0.25) is 9.78 Å². The van der Waals surface area contributed by atoms with Crippen LogP contribution < -0.4 is 5.73 Å². The second-order valence-corrected chi connectivity index (χ2v) is 4.15. The fourth-order valence-electron chi connectivity index (χ4n) is 1.73. The molecule has 0 unspecified atom stereocenters. The highest BCUT2D eigenvalue weighted by Crippen LogP contribution is 2.09. The van der Waals surface area contributed by atoms with Crippen molar-refractivity contribution in [3.05, 3.63) is 54.1 Å². The van der Waals surface area contributed by atoms with Crippen LogP contribution >= 0.6 is 0 Å². The summed E-state index contributed by atoms with van der Waals surface area (Å²) in [5.41, 5.74) is 7.56. The van der Waals surface area contributed by atoms with Crippen molar-refractivity contribution in [2.45, 2.75) is 13.5 Å². The maximum Gasteiger partial charge on any atom is 0.272 e. The van der Waals surface area contributed by atoms with Crippen LogP contribution in [0, 0.1) is 0 Å². The fraction of sp³-hybridized carbons (Fsp3) is 0.214. The van der Waals surface area contributed by atoms with Gasteiger partial charge in [0.25, 0.3) is 5.91 Å². The number of carbonyl (C=O) groups excluding carboxylic acids is 1. The Balaban J connectivity index is 2.13. The van der Waals surface area contributed by atoms with E-state index in [0.29, 0.717) is 24.5 Å². The molecule has 1 amide bonds. The minimum Gasteiger partial charge on any atom is -0.397 e. The highest BCUT2D eigenvalue weighted by atomic mass is 16.2. The van der Waals surface area contributed by atoms with Gasteiger partial charge >= 0.3 is 0 Å². The molecule has 2 aromatic heterocycles. The first-order valence-electron chi connectivity index (χ1n) is 6.10. The number of pyridine rings is 2. The predicted octanol–water partition coefficient (Wildman–Crippen LogP) is 1.72. The molecule has 0 radical (unpaired) electrons. The van der Waals surface area contributed by atoms with Gasteiger partial charge in [-0.1, -0.05) is 0 Å². The molecule has 2 N–H and O–H groups in total. The molecule has 5 nitrogen and oxygen atoms in total. The molecule has 0 saturated heterocycles. The molecule has 0 bridgehead atoms. The lowest BCUT2D eigenvalue weighted by atomic mass is 10.2. The van der Waals surface area contributed by atoms with E-state index in [0.717, 1.165) is 5.56 Å². The van der Waals surface area contributed by atoms with Gasteiger partial charge in [0.2, 0.25) is 0 Å². The quantitative estimate of drug-likeness (QED) is 0.904. The van der Waals surface area contributed by atoms with Crippen LogP contribution in [0.5, 0.6) is 0 Å². The van der Waals surface area contributed by atoms with Gasteiger partial charge in [0.05, 0.1) is 11.9 Å². The highest BCUT2D eigenvalue weighted by Gasteiger charge is 2.15. The number of hydrogen-bond donors (Lipinski definition) is 1. The van der Waals surface area contributed by atoms with E-state index in [9.17, 15) is 4.79 Å². The predicted molar refractivity (Wildman–Crippen MR) is 73.3 cm³/mol. The molecule has 5 heteroatoms. The molecule has 0 aliphatic heterocycles. The van der Waals surface area contributed by atoms with Crippen molar-refractivity contribution in [1.82, 2.24) is 14.9 Å². The minimum absolute atomic E-state index is 0.0979. The van der Waals surface area contributed by atoms with E-state index < -0.39 is 0 Å². The van der Waals surface area contributed by atoms with Gasteiger partial charge in [-0.15, -0.1) is 0 Å². The Kier molecular flexibility index (Phi) is 4.07. The summed E-state index contributed by atoms with van der Waals surface area (Å²) >= 11 is 0. The number of nitrogens with zero attached hydrogens (tertiary/aromatic N) is 3. The summed E-state index contributed by atoms with van der Waals surface area (Å²) in [6, 6.07) is 7.12. The SMILES string of the molecule is CCN(Cc1ccncc1)C(=O)c1ccc(N)cn1. The number of amides is 1. The standard InChI is InChI=1S/C14H16N4O/c1-2-18(10-11-5-7-16-8-6-11)14(19)13-4-3-12(15)9-17-13/h3-9H,2,10,15H2,1H3. The smallest absolute Gasteiger partial charge is 0.272 e. The molecule has 0 aliphatic carbocycles. The summed E-state index contributed by atoms with van der Waals surface area (Å²) in [5.74, 6) is -0.0979. The van der Waals surface area contributed by atoms with Gasteiger partial charge in [0.15, 0.2) is 0 Å². The third kappa shape index (κ3) is 3.28. The van der Waals surface area contributed by atoms with E-state index in [-0.39, 0.29) is 5.91 Å². The zero-order chi connectivity index (χ0) is 13.7. The lowest BCUT2D eigenvalue weighted by Gasteiger charge is -2.20. The average Bonchev–Trinajstić information content (AvgIpc) is 2.46. The molecule has 2 rings (SSSR count). The van der Waals surface area contributed by atoms with Crippen LogP contribution in [0.2, 0.25) is 0 Å². The Morgan fingerprint density at radius 1 is 1.26 bits per heavy atom. The first-order valence-corrected chi connectivity index (χ1v) is 6.10. The third-order valence-electron chi connectivity index (χ3n) is 2.80. The number of hydrogen-bond acceptors (Lipinski definition) is 4. The first kappa shape index (κ1) is 13.0. The van der Waals surface area contributed by atoms with Gasteiger partial charge in [-0.2, -0.15) is 0 Å². The van der Waals surface area contributed by atoms with Gasteiger partial charge in [-0.05, 0) is 36.8 Å². The Morgan fingerprint density at radius 2 is 2.00 bits per heavy atom. The summed E-state index contributed by atoms with van der Waals surface area (Å²) in [6.07, 6.45) is 4.93. The highest BCUT2D eigenvalue weighted by molar-refractivity contribution is 5.92. The second kappa shape index (κ2) is 5.95. The maximum atomic E-state index is 12.3. The lowest BCUT2D eigenvalue weighted by Crippen LogP contribution is -2.30. The monoisotopic (exact) mass is 256 g/mol. The molecule has 0 aromatic carbocycles. The van der Waals surface area contributed by atoms with E-state index >= 15 is 0 Å². The van der Waals surface area contributed by atoms with Gasteiger partial charge in [0, 0.05) is 25.5 Å². The van der Waals surface area contributed by atoms with Crippen molar-refractivity contribution in [2.75, 3.05) is 12.3 Å². The van der Waals surface area contributed by atoms with Crippen molar-refractivity contribution in [2.24, 2.45) is 0 Å². The van der Waals surface area contributed by atoms with E-state index in [1.165, 1.54) is 6.20 Å². The van der Waals surface area contributed by atoms with Gasteiger partial charge in [-0.25, -0.2) is 4.98 Å². The number of aromatic nitrogens is 2. The van der Waals surface area contributed by atoms with Gasteiger partial charge < -0.3 is 10.6 Å². The van der Waals surface area contributed by atoms with Crippen LogP contribution in [-0.2, 0) is 6.54 Å². The van der Waals surface area contributed by atoms with E-state index in [1.807, 2.05) is 19.1 Å². The van der Waals surface area contributed by atoms with Crippen molar-refractivity contribution in [1.29, 1.82) is 0 Å². The van der Waals surface area contributed by atoms with Crippen molar-refractivity contribution in [3.63, 3.8) is 0 Å². The molecule has 0 atom stereocenters. The number of nitrogen functional groups attached to an aromatic ring is 1. The van der Waals surface area contributed by atoms with Crippen LogP contribution in [0.4, 0.5) is 5.69 Å². The Labute approximate surface area is 112 Å². The Morgan fingerprint density at radius 3 is 2.58 bits per heavy atom. The van der Waals surface area contributed by atoms with E-state index in [1.54, 1.807) is 29.4 Å². The molecule has 0 aliphatic rings. The molecule has 2 heterocycles. The second-order valence-electron chi connectivity index (χ2n) is 4.15. The van der Waals surface area contributed by atoms with Crippen LogP contribution in [0.1, 0.15) is 23.0 Å². The van der Waals surface area contributed by atoms with Crippen molar-refractivity contribution in [3.8, 4) is 0 Å². The number of rotatable bonds is 4. The lowest BCUT2D eigenvalue weighted by molar-refractivity contribution is 0.0746.